The lowest BCUT2D eigenvalue weighted by atomic mass is 10.1. The van der Waals surface area contributed by atoms with Crippen LogP contribution in [0.25, 0.3) is 0 Å². The van der Waals surface area contributed by atoms with Gasteiger partial charge < -0.3 is 4.74 Å². The van der Waals surface area contributed by atoms with Crippen LogP contribution in [0, 0.1) is 0 Å². The van der Waals surface area contributed by atoms with E-state index in [1.54, 1.807) is 12.3 Å². The molecule has 1 heterocycles. The number of hydrogen-bond donors (Lipinski definition) is 0. The molecule has 1 amide bonds. The maximum absolute atomic E-state index is 12.3. The summed E-state index contributed by atoms with van der Waals surface area (Å²) in [6, 6.07) is 9.96. The molecule has 0 unspecified atom stereocenters. The topological polar surface area (TPSA) is 41.9 Å². The summed E-state index contributed by atoms with van der Waals surface area (Å²) in [5.74, 6) is 0. The van der Waals surface area contributed by atoms with Crippen molar-refractivity contribution < 1.29 is 9.53 Å². The number of allylic oxidation sites excluding steroid dienone is 4. The van der Waals surface area contributed by atoms with E-state index in [0.29, 0.717) is 6.42 Å². The Labute approximate surface area is 125 Å². The van der Waals surface area contributed by atoms with Gasteiger partial charge in [0.25, 0.3) is 0 Å². The second-order valence-electron chi connectivity index (χ2n) is 5.76. The number of carbonyl (C=O) groups is 1. The summed E-state index contributed by atoms with van der Waals surface area (Å²) in [5.41, 5.74) is 1.34. The van der Waals surface area contributed by atoms with Gasteiger partial charge in [-0.05, 0) is 38.5 Å². The van der Waals surface area contributed by atoms with Crippen LogP contribution in [0.2, 0.25) is 0 Å². The lowest BCUT2D eigenvalue weighted by Crippen LogP contribution is -2.33. The van der Waals surface area contributed by atoms with Gasteiger partial charge in [-0.3, -0.25) is 0 Å². The Kier molecular flexibility index (Phi) is 4.58. The highest BCUT2D eigenvalue weighted by molar-refractivity contribution is 5.77. The number of rotatable bonds is 2. The lowest BCUT2D eigenvalue weighted by Gasteiger charge is -2.25. The highest BCUT2D eigenvalue weighted by atomic mass is 16.6. The van der Waals surface area contributed by atoms with Crippen LogP contribution < -0.4 is 0 Å². The zero-order chi connectivity index (χ0) is 15.3. The highest BCUT2D eigenvalue weighted by Crippen LogP contribution is 2.19. The molecule has 0 N–H and O–H groups in total. The highest BCUT2D eigenvalue weighted by Gasteiger charge is 2.24. The molecule has 0 saturated carbocycles. The van der Waals surface area contributed by atoms with E-state index >= 15 is 0 Å². The minimum Gasteiger partial charge on any atom is -0.442 e. The fourth-order valence-electron chi connectivity index (χ4n) is 1.87. The van der Waals surface area contributed by atoms with E-state index in [0.717, 1.165) is 11.3 Å². The van der Waals surface area contributed by atoms with Gasteiger partial charge in [-0.1, -0.05) is 36.4 Å². The normalized spacial score (nSPS) is 14.6. The number of hydrogen-bond acceptors (Lipinski definition) is 3. The molecule has 0 radical (unpaired) electrons. The first-order valence-corrected chi connectivity index (χ1v) is 6.92. The lowest BCUT2D eigenvalue weighted by molar-refractivity contribution is 0.0315. The van der Waals surface area contributed by atoms with E-state index in [2.05, 4.69) is 5.10 Å². The Morgan fingerprint density at radius 1 is 1.19 bits per heavy atom. The molecule has 1 aromatic rings. The Bertz CT molecular complexity index is 581. The molecule has 0 saturated heterocycles. The van der Waals surface area contributed by atoms with Crippen LogP contribution in [0.15, 0.2) is 59.4 Å². The zero-order valence-corrected chi connectivity index (χ0v) is 12.6. The number of benzene rings is 1. The molecule has 0 spiro atoms. The van der Waals surface area contributed by atoms with E-state index in [1.807, 2.05) is 63.3 Å². The van der Waals surface area contributed by atoms with Gasteiger partial charge in [-0.15, -0.1) is 0 Å². The van der Waals surface area contributed by atoms with Crippen molar-refractivity contribution in [3.05, 3.63) is 59.8 Å². The molecule has 4 nitrogen and oxygen atoms in total. The van der Waals surface area contributed by atoms with Gasteiger partial charge in [0.1, 0.15) is 5.60 Å². The van der Waals surface area contributed by atoms with E-state index in [1.165, 1.54) is 5.01 Å². The molecule has 2 rings (SSSR count). The van der Waals surface area contributed by atoms with E-state index < -0.39 is 11.7 Å². The first-order valence-electron chi connectivity index (χ1n) is 6.92. The van der Waals surface area contributed by atoms with Crippen molar-refractivity contribution in [2.24, 2.45) is 5.10 Å². The van der Waals surface area contributed by atoms with Crippen LogP contribution >= 0.6 is 0 Å². The van der Waals surface area contributed by atoms with Crippen molar-refractivity contribution in [3.8, 4) is 0 Å². The summed E-state index contributed by atoms with van der Waals surface area (Å²) in [7, 11) is 0. The van der Waals surface area contributed by atoms with Crippen molar-refractivity contribution in [2.45, 2.75) is 32.8 Å². The third kappa shape index (κ3) is 4.60. The average Bonchev–Trinajstić information content (AvgIpc) is 2.63. The molecule has 110 valence electrons. The molecule has 0 aromatic heterocycles. The van der Waals surface area contributed by atoms with Gasteiger partial charge in [-0.2, -0.15) is 10.1 Å². The first kappa shape index (κ1) is 15.0. The Morgan fingerprint density at radius 3 is 2.57 bits per heavy atom. The fraction of sp³-hybridized carbons (Fsp3) is 0.294. The molecular formula is C17H20N2O2. The summed E-state index contributed by atoms with van der Waals surface area (Å²) in [6.45, 7) is 5.52. The monoisotopic (exact) mass is 284 g/mol. The van der Waals surface area contributed by atoms with Crippen molar-refractivity contribution >= 4 is 12.3 Å². The first-order chi connectivity index (χ1) is 9.96. The maximum atomic E-state index is 12.3. The quantitative estimate of drug-likeness (QED) is 0.826. The second kappa shape index (κ2) is 6.39. The van der Waals surface area contributed by atoms with E-state index in [4.69, 9.17) is 4.74 Å². The van der Waals surface area contributed by atoms with Gasteiger partial charge in [0, 0.05) is 12.6 Å². The average molecular weight is 284 g/mol. The molecule has 0 bridgehead atoms. The SMILES string of the molecule is CC(C)(C)OC(=O)N1N=CC=CC=C1Cc1ccccc1. The van der Waals surface area contributed by atoms with Crippen molar-refractivity contribution in [2.75, 3.05) is 0 Å². The van der Waals surface area contributed by atoms with Crippen molar-refractivity contribution in [1.29, 1.82) is 0 Å². The fourth-order valence-corrected chi connectivity index (χ4v) is 1.87. The predicted molar refractivity (Wildman–Crippen MR) is 83.9 cm³/mol. The third-order valence-corrected chi connectivity index (χ3v) is 2.73. The van der Waals surface area contributed by atoms with Gasteiger partial charge in [0.2, 0.25) is 0 Å². The van der Waals surface area contributed by atoms with Crippen molar-refractivity contribution in [1.82, 2.24) is 5.01 Å². The third-order valence-electron chi connectivity index (χ3n) is 2.73. The minimum atomic E-state index is -0.551. The summed E-state index contributed by atoms with van der Waals surface area (Å²) < 4.78 is 5.41. The molecule has 1 aromatic carbocycles. The summed E-state index contributed by atoms with van der Waals surface area (Å²) in [6.07, 6.45) is 7.26. The molecule has 21 heavy (non-hydrogen) atoms. The molecule has 1 aliphatic heterocycles. The molecule has 0 fully saturated rings. The van der Waals surface area contributed by atoms with Gasteiger partial charge in [-0.25, -0.2) is 4.79 Å². The van der Waals surface area contributed by atoms with Crippen LogP contribution in [-0.4, -0.2) is 22.9 Å². The Hall–Kier alpha value is -2.36. The van der Waals surface area contributed by atoms with Crippen molar-refractivity contribution in [3.63, 3.8) is 0 Å². The molecule has 4 heteroatoms. The summed E-state index contributed by atoms with van der Waals surface area (Å²) in [4.78, 5) is 12.3. The van der Waals surface area contributed by atoms with Gasteiger partial charge >= 0.3 is 6.09 Å². The molecular weight excluding hydrogens is 264 g/mol. The smallest absolute Gasteiger partial charge is 0.435 e. The molecule has 0 atom stereocenters. The van der Waals surface area contributed by atoms with Crippen LogP contribution in [0.5, 0.6) is 0 Å². The molecule has 0 aliphatic carbocycles. The van der Waals surface area contributed by atoms with Crippen LogP contribution in [0.1, 0.15) is 26.3 Å². The van der Waals surface area contributed by atoms with Gasteiger partial charge in [0.05, 0.1) is 5.70 Å². The Morgan fingerprint density at radius 2 is 1.90 bits per heavy atom. The number of ether oxygens (including phenoxy) is 1. The zero-order valence-electron chi connectivity index (χ0n) is 12.6. The standard InChI is InChI=1S/C17H20N2O2/c1-17(2,3)21-16(20)19-15(11-7-8-12-18-19)13-14-9-5-4-6-10-14/h4-12H,13H2,1-3H3. The largest absolute Gasteiger partial charge is 0.442 e. The van der Waals surface area contributed by atoms with Crippen LogP contribution in [-0.2, 0) is 11.2 Å². The molecule has 1 aliphatic rings. The van der Waals surface area contributed by atoms with Crippen LogP contribution in [0.3, 0.4) is 0 Å². The van der Waals surface area contributed by atoms with E-state index in [9.17, 15) is 4.79 Å². The number of carbonyl (C=O) groups excluding carboxylic acids is 1. The summed E-state index contributed by atoms with van der Waals surface area (Å²) in [5, 5.41) is 5.48. The van der Waals surface area contributed by atoms with Crippen LogP contribution in [0.4, 0.5) is 4.79 Å². The minimum absolute atomic E-state index is 0.468. The van der Waals surface area contributed by atoms with Gasteiger partial charge in [0.15, 0.2) is 0 Å². The number of hydrazone groups is 1. The number of nitrogens with zero attached hydrogens (tertiary/aromatic N) is 2. The predicted octanol–water partition coefficient (Wildman–Crippen LogP) is 3.91. The Balaban J connectivity index is 2.19. The maximum Gasteiger partial charge on any atom is 0.435 e. The second-order valence-corrected chi connectivity index (χ2v) is 5.76. The van der Waals surface area contributed by atoms with E-state index in [-0.39, 0.29) is 0 Å². The summed E-state index contributed by atoms with van der Waals surface area (Å²) >= 11 is 0. The number of amides is 1.